The Morgan fingerprint density at radius 3 is 2.93 bits per heavy atom. The molecule has 0 bridgehead atoms. The first-order valence-corrected chi connectivity index (χ1v) is 12.5. The maximum atomic E-state index is 13.7. The SMILES string of the molecule is COCCn1c(=NC(=O)C2CCCN2S(=O)(=O)c2cccs2)sc2cc(F)ccc21. The van der Waals surface area contributed by atoms with Gasteiger partial charge in [0.15, 0.2) is 4.80 Å². The number of methoxy groups -OCH3 is 1. The molecule has 3 heterocycles. The molecule has 1 aliphatic rings. The molecule has 0 radical (unpaired) electrons. The molecule has 1 fully saturated rings. The minimum Gasteiger partial charge on any atom is -0.383 e. The highest BCUT2D eigenvalue weighted by Gasteiger charge is 2.39. The highest BCUT2D eigenvalue weighted by Crippen LogP contribution is 2.29. The van der Waals surface area contributed by atoms with E-state index in [-0.39, 0.29) is 16.6 Å². The van der Waals surface area contributed by atoms with Crippen molar-refractivity contribution in [3.8, 4) is 0 Å². The molecule has 2 aromatic heterocycles. The second kappa shape index (κ2) is 8.67. The van der Waals surface area contributed by atoms with Crippen LogP contribution in [0.2, 0.25) is 0 Å². The summed E-state index contributed by atoms with van der Waals surface area (Å²) in [5.74, 6) is -0.879. The first-order valence-electron chi connectivity index (χ1n) is 9.33. The van der Waals surface area contributed by atoms with E-state index in [9.17, 15) is 17.6 Å². The Labute approximate surface area is 181 Å². The van der Waals surface area contributed by atoms with Crippen molar-refractivity contribution in [2.24, 2.45) is 4.99 Å². The number of fused-ring (bicyclic) bond motifs is 1. The van der Waals surface area contributed by atoms with Crippen LogP contribution in [0.3, 0.4) is 0 Å². The Kier molecular flexibility index (Phi) is 6.16. The Bertz CT molecular complexity index is 1230. The number of hydrogen-bond acceptors (Lipinski definition) is 6. The lowest BCUT2D eigenvalue weighted by Crippen LogP contribution is -2.40. The van der Waals surface area contributed by atoms with Gasteiger partial charge in [0.2, 0.25) is 0 Å². The van der Waals surface area contributed by atoms with Gasteiger partial charge in [-0.2, -0.15) is 9.30 Å². The largest absolute Gasteiger partial charge is 0.383 e. The van der Waals surface area contributed by atoms with Crippen LogP contribution in [0.5, 0.6) is 0 Å². The van der Waals surface area contributed by atoms with Gasteiger partial charge in [-0.3, -0.25) is 4.79 Å². The third-order valence-electron chi connectivity index (χ3n) is 4.92. The second-order valence-electron chi connectivity index (χ2n) is 6.80. The Morgan fingerprint density at radius 2 is 2.20 bits per heavy atom. The monoisotopic (exact) mass is 469 g/mol. The highest BCUT2D eigenvalue weighted by molar-refractivity contribution is 7.91. The minimum absolute atomic E-state index is 0.217. The average Bonchev–Trinajstić information content (AvgIpc) is 3.45. The summed E-state index contributed by atoms with van der Waals surface area (Å²) in [5.41, 5.74) is 0.750. The van der Waals surface area contributed by atoms with Gasteiger partial charge in [-0.25, -0.2) is 12.8 Å². The fraction of sp³-hybridized carbons (Fsp3) is 0.368. The van der Waals surface area contributed by atoms with Crippen LogP contribution in [0.4, 0.5) is 4.39 Å². The quantitative estimate of drug-likeness (QED) is 0.556. The van der Waals surface area contributed by atoms with E-state index in [1.54, 1.807) is 29.2 Å². The lowest BCUT2D eigenvalue weighted by Gasteiger charge is -2.20. The first kappa shape index (κ1) is 21.3. The standard InChI is InChI=1S/C19H20FN3O4S3/c1-27-10-9-22-14-7-6-13(20)12-16(14)29-19(22)21-18(24)15-4-2-8-23(15)30(25,26)17-5-3-11-28-17/h3,5-7,11-12,15H,2,4,8-10H2,1H3. The van der Waals surface area contributed by atoms with Crippen molar-refractivity contribution < 1.29 is 22.3 Å². The van der Waals surface area contributed by atoms with Gasteiger partial charge in [-0.05, 0) is 42.5 Å². The van der Waals surface area contributed by atoms with Gasteiger partial charge in [-0.1, -0.05) is 17.4 Å². The Balaban J connectivity index is 1.72. The van der Waals surface area contributed by atoms with E-state index in [4.69, 9.17) is 4.74 Å². The third-order valence-corrected chi connectivity index (χ3v) is 9.24. The van der Waals surface area contributed by atoms with E-state index in [2.05, 4.69) is 4.99 Å². The summed E-state index contributed by atoms with van der Waals surface area (Å²) < 4.78 is 48.6. The molecule has 7 nitrogen and oxygen atoms in total. The molecule has 0 saturated carbocycles. The number of thiophene rings is 1. The molecule has 0 aliphatic carbocycles. The molecule has 30 heavy (non-hydrogen) atoms. The van der Waals surface area contributed by atoms with Gasteiger partial charge >= 0.3 is 0 Å². The third kappa shape index (κ3) is 4.00. The minimum atomic E-state index is -3.74. The van der Waals surface area contributed by atoms with Gasteiger partial charge in [0.05, 0.1) is 16.8 Å². The predicted molar refractivity (Wildman–Crippen MR) is 113 cm³/mol. The maximum absolute atomic E-state index is 13.7. The van der Waals surface area contributed by atoms with Crippen molar-refractivity contribution in [3.05, 3.63) is 46.3 Å². The number of halogens is 1. The van der Waals surface area contributed by atoms with Crippen molar-refractivity contribution in [2.75, 3.05) is 20.3 Å². The molecular formula is C19H20FN3O4S3. The lowest BCUT2D eigenvalue weighted by molar-refractivity contribution is -0.121. The van der Waals surface area contributed by atoms with Crippen molar-refractivity contribution in [1.29, 1.82) is 0 Å². The molecule has 3 aromatic rings. The molecule has 1 aliphatic heterocycles. The van der Waals surface area contributed by atoms with Crippen molar-refractivity contribution >= 4 is 48.8 Å². The van der Waals surface area contributed by atoms with Crippen LogP contribution in [0.1, 0.15) is 12.8 Å². The van der Waals surface area contributed by atoms with E-state index < -0.39 is 22.0 Å². The number of benzene rings is 1. The van der Waals surface area contributed by atoms with Crippen LogP contribution in [0, 0.1) is 5.82 Å². The zero-order valence-electron chi connectivity index (χ0n) is 16.2. The van der Waals surface area contributed by atoms with E-state index in [0.29, 0.717) is 35.5 Å². The topological polar surface area (TPSA) is 81.0 Å². The van der Waals surface area contributed by atoms with Crippen molar-refractivity contribution in [3.63, 3.8) is 0 Å². The maximum Gasteiger partial charge on any atom is 0.266 e. The zero-order chi connectivity index (χ0) is 21.3. The van der Waals surface area contributed by atoms with Gasteiger partial charge < -0.3 is 9.30 Å². The zero-order valence-corrected chi connectivity index (χ0v) is 18.6. The first-order chi connectivity index (χ1) is 14.4. The summed E-state index contributed by atoms with van der Waals surface area (Å²) >= 11 is 2.32. The molecule has 11 heteroatoms. The van der Waals surface area contributed by atoms with Crippen LogP contribution in [-0.2, 0) is 26.1 Å². The fourth-order valence-electron chi connectivity index (χ4n) is 3.50. The molecule has 1 aromatic carbocycles. The molecule has 4 rings (SSSR count). The van der Waals surface area contributed by atoms with E-state index in [1.807, 2.05) is 0 Å². The summed E-state index contributed by atoms with van der Waals surface area (Å²) in [5, 5.41) is 1.69. The summed E-state index contributed by atoms with van der Waals surface area (Å²) in [4.78, 5) is 17.7. The van der Waals surface area contributed by atoms with E-state index >= 15 is 0 Å². The van der Waals surface area contributed by atoms with Crippen LogP contribution >= 0.6 is 22.7 Å². The fourth-order valence-corrected chi connectivity index (χ4v) is 7.36. The number of carbonyl (C=O) groups excluding carboxylic acids is 1. The van der Waals surface area contributed by atoms with E-state index in [1.165, 1.54) is 33.8 Å². The molecule has 0 N–H and O–H groups in total. The van der Waals surface area contributed by atoms with Crippen LogP contribution in [0.15, 0.2) is 44.9 Å². The average molecular weight is 470 g/mol. The molecule has 1 unspecified atom stereocenters. The Morgan fingerprint density at radius 1 is 1.37 bits per heavy atom. The normalized spacial score (nSPS) is 18.5. The molecule has 1 amide bonds. The summed E-state index contributed by atoms with van der Waals surface area (Å²) in [7, 11) is -2.17. The number of aromatic nitrogens is 1. The molecule has 1 atom stereocenters. The smallest absolute Gasteiger partial charge is 0.266 e. The summed E-state index contributed by atoms with van der Waals surface area (Å²) in [6, 6.07) is 6.77. The predicted octanol–water partition coefficient (Wildman–Crippen LogP) is 2.83. The number of nitrogens with zero attached hydrogens (tertiary/aromatic N) is 3. The van der Waals surface area contributed by atoms with Gasteiger partial charge in [0.1, 0.15) is 16.1 Å². The number of sulfonamides is 1. The number of rotatable bonds is 6. The summed E-state index contributed by atoms with van der Waals surface area (Å²) in [6.07, 6.45) is 1.02. The van der Waals surface area contributed by atoms with Crippen molar-refractivity contribution in [1.82, 2.24) is 8.87 Å². The van der Waals surface area contributed by atoms with Gasteiger partial charge in [-0.15, -0.1) is 11.3 Å². The summed E-state index contributed by atoms with van der Waals surface area (Å²) in [6.45, 7) is 1.12. The number of thiazole rings is 1. The second-order valence-corrected chi connectivity index (χ2v) is 10.9. The number of amides is 1. The number of carbonyl (C=O) groups is 1. The molecular weight excluding hydrogens is 449 g/mol. The lowest BCUT2D eigenvalue weighted by atomic mass is 10.2. The number of hydrogen-bond donors (Lipinski definition) is 0. The molecule has 1 saturated heterocycles. The van der Waals surface area contributed by atoms with Crippen LogP contribution in [0.25, 0.3) is 10.2 Å². The molecule has 0 spiro atoms. The van der Waals surface area contributed by atoms with E-state index in [0.717, 1.165) is 16.9 Å². The van der Waals surface area contributed by atoms with Crippen LogP contribution in [-0.4, -0.2) is 49.5 Å². The van der Waals surface area contributed by atoms with Crippen LogP contribution < -0.4 is 4.80 Å². The van der Waals surface area contributed by atoms with Gasteiger partial charge in [0, 0.05) is 20.2 Å². The Hall–Kier alpha value is -1.92. The van der Waals surface area contributed by atoms with Gasteiger partial charge in [0.25, 0.3) is 15.9 Å². The highest BCUT2D eigenvalue weighted by atomic mass is 32.2. The number of ether oxygens (including phenoxy) is 1. The molecule has 160 valence electrons. The van der Waals surface area contributed by atoms with Crippen molar-refractivity contribution in [2.45, 2.75) is 29.6 Å².